The molecule has 16 heavy (non-hydrogen) atoms. The van der Waals surface area contributed by atoms with E-state index < -0.39 is 0 Å². The van der Waals surface area contributed by atoms with Crippen molar-refractivity contribution < 1.29 is 4.74 Å². The summed E-state index contributed by atoms with van der Waals surface area (Å²) in [6.45, 7) is 3.68. The van der Waals surface area contributed by atoms with Crippen molar-refractivity contribution in [2.75, 3.05) is 31.7 Å². The van der Waals surface area contributed by atoms with E-state index in [2.05, 4.69) is 21.1 Å². The van der Waals surface area contributed by atoms with E-state index in [4.69, 9.17) is 4.74 Å². The highest BCUT2D eigenvalue weighted by atomic mass is 32.2. The summed E-state index contributed by atoms with van der Waals surface area (Å²) in [6, 6.07) is 0. The lowest BCUT2D eigenvalue weighted by Gasteiger charge is -2.24. The van der Waals surface area contributed by atoms with Crippen molar-refractivity contribution >= 4 is 11.8 Å². The Morgan fingerprint density at radius 2 is 2.62 bits per heavy atom. The molecule has 0 spiro atoms. The van der Waals surface area contributed by atoms with Crippen LogP contribution >= 0.6 is 11.8 Å². The smallest absolute Gasteiger partial charge is 0.111 e. The second-order valence-corrected chi connectivity index (χ2v) is 4.91. The molecule has 1 unspecified atom stereocenters. The number of nitrogens with zero attached hydrogens (tertiary/aromatic N) is 2. The van der Waals surface area contributed by atoms with Crippen LogP contribution in [0.25, 0.3) is 0 Å². The quantitative estimate of drug-likeness (QED) is 0.789. The van der Waals surface area contributed by atoms with Gasteiger partial charge in [-0.15, -0.1) is 0 Å². The zero-order valence-corrected chi connectivity index (χ0v) is 10.5. The number of thioether (sulfide) groups is 1. The summed E-state index contributed by atoms with van der Waals surface area (Å²) in [4.78, 5) is 4.22. The van der Waals surface area contributed by atoms with Crippen molar-refractivity contribution in [1.82, 2.24) is 14.9 Å². The molecule has 4 nitrogen and oxygen atoms in total. The second-order valence-electron chi connectivity index (χ2n) is 3.92. The third kappa shape index (κ3) is 2.99. The molecule has 1 fully saturated rings. The molecule has 1 N–H and O–H groups in total. The molecule has 0 aliphatic carbocycles. The first kappa shape index (κ1) is 12.0. The molecule has 90 valence electrons. The topological polar surface area (TPSA) is 39.1 Å². The van der Waals surface area contributed by atoms with Gasteiger partial charge in [0.1, 0.15) is 6.10 Å². The number of aromatic nitrogens is 2. The van der Waals surface area contributed by atoms with Crippen LogP contribution in [-0.4, -0.2) is 41.3 Å². The Kier molecular flexibility index (Phi) is 4.69. The minimum absolute atomic E-state index is 0.172. The molecule has 1 aromatic heterocycles. The normalized spacial score (nSPS) is 21.2. The van der Waals surface area contributed by atoms with Gasteiger partial charge in [0.15, 0.2) is 0 Å². The van der Waals surface area contributed by atoms with Gasteiger partial charge in [-0.05, 0) is 18.4 Å². The molecule has 0 amide bonds. The predicted molar refractivity (Wildman–Crippen MR) is 66.8 cm³/mol. The SMILES string of the molecule is CSCCCn1cncc1C1CNCCO1. The average molecular weight is 241 g/mol. The van der Waals surface area contributed by atoms with E-state index in [1.807, 2.05) is 24.3 Å². The lowest BCUT2D eigenvalue weighted by molar-refractivity contribution is 0.0227. The van der Waals surface area contributed by atoms with Gasteiger partial charge in [-0.1, -0.05) is 0 Å². The van der Waals surface area contributed by atoms with Crippen LogP contribution in [0.15, 0.2) is 12.5 Å². The van der Waals surface area contributed by atoms with Crippen molar-refractivity contribution in [1.29, 1.82) is 0 Å². The van der Waals surface area contributed by atoms with Crippen molar-refractivity contribution in [3.63, 3.8) is 0 Å². The van der Waals surface area contributed by atoms with Crippen LogP contribution in [0.1, 0.15) is 18.2 Å². The first-order chi connectivity index (χ1) is 7.92. The molecule has 2 rings (SSSR count). The average Bonchev–Trinajstić information content (AvgIpc) is 2.79. The molecule has 5 heteroatoms. The maximum absolute atomic E-state index is 5.74. The zero-order chi connectivity index (χ0) is 11.2. The lowest BCUT2D eigenvalue weighted by atomic mass is 10.2. The Morgan fingerprint density at radius 1 is 1.69 bits per heavy atom. The van der Waals surface area contributed by atoms with Gasteiger partial charge < -0.3 is 14.6 Å². The highest BCUT2D eigenvalue weighted by molar-refractivity contribution is 7.98. The molecule has 2 heterocycles. The minimum atomic E-state index is 0.172. The Balaban J connectivity index is 1.94. The number of imidazole rings is 1. The summed E-state index contributed by atoms with van der Waals surface area (Å²) in [5.41, 5.74) is 1.20. The van der Waals surface area contributed by atoms with Crippen LogP contribution in [0.2, 0.25) is 0 Å². The van der Waals surface area contributed by atoms with E-state index in [1.165, 1.54) is 17.9 Å². The van der Waals surface area contributed by atoms with Crippen LogP contribution in [-0.2, 0) is 11.3 Å². The molecule has 1 atom stereocenters. The van der Waals surface area contributed by atoms with Crippen LogP contribution in [0.5, 0.6) is 0 Å². The van der Waals surface area contributed by atoms with Crippen molar-refractivity contribution in [2.45, 2.75) is 19.1 Å². The Morgan fingerprint density at radius 3 is 3.38 bits per heavy atom. The standard InChI is InChI=1S/C11H19N3OS/c1-16-6-2-4-14-9-13-7-10(14)11-8-12-3-5-15-11/h7,9,11-12H,2-6,8H2,1H3. The molecule has 1 saturated heterocycles. The fourth-order valence-corrected chi connectivity index (χ4v) is 2.34. The number of ether oxygens (including phenoxy) is 1. The number of morpholine rings is 1. The Hall–Kier alpha value is -0.520. The van der Waals surface area contributed by atoms with E-state index in [1.54, 1.807) is 0 Å². The van der Waals surface area contributed by atoms with Crippen LogP contribution in [0.4, 0.5) is 0 Å². The summed E-state index contributed by atoms with van der Waals surface area (Å²) < 4.78 is 7.96. The Bertz CT molecular complexity index is 310. The number of aryl methyl sites for hydroxylation is 1. The highest BCUT2D eigenvalue weighted by Gasteiger charge is 2.18. The Labute approximate surface area is 101 Å². The minimum Gasteiger partial charge on any atom is -0.369 e. The first-order valence-corrected chi connectivity index (χ1v) is 7.12. The van der Waals surface area contributed by atoms with Gasteiger partial charge in [0.2, 0.25) is 0 Å². The molecule has 0 radical (unpaired) electrons. The van der Waals surface area contributed by atoms with Gasteiger partial charge in [0.25, 0.3) is 0 Å². The second kappa shape index (κ2) is 6.27. The maximum atomic E-state index is 5.74. The number of hydrogen-bond donors (Lipinski definition) is 1. The predicted octanol–water partition coefficient (Wildman–Crippen LogP) is 1.30. The molecular formula is C11H19N3OS. The number of hydrogen-bond acceptors (Lipinski definition) is 4. The fraction of sp³-hybridized carbons (Fsp3) is 0.727. The van der Waals surface area contributed by atoms with Crippen molar-refractivity contribution in [3.8, 4) is 0 Å². The highest BCUT2D eigenvalue weighted by Crippen LogP contribution is 2.18. The largest absolute Gasteiger partial charge is 0.369 e. The fourth-order valence-electron chi connectivity index (χ4n) is 1.92. The van der Waals surface area contributed by atoms with Crippen LogP contribution in [0, 0.1) is 0 Å². The first-order valence-electron chi connectivity index (χ1n) is 5.73. The molecule has 0 bridgehead atoms. The van der Waals surface area contributed by atoms with E-state index in [9.17, 15) is 0 Å². The van der Waals surface area contributed by atoms with Crippen molar-refractivity contribution in [2.24, 2.45) is 0 Å². The van der Waals surface area contributed by atoms with Gasteiger partial charge in [0.05, 0.1) is 24.8 Å². The third-order valence-corrected chi connectivity index (χ3v) is 3.45. The third-order valence-electron chi connectivity index (χ3n) is 2.75. The summed E-state index contributed by atoms with van der Waals surface area (Å²) in [6.07, 6.45) is 7.34. The van der Waals surface area contributed by atoms with E-state index in [0.29, 0.717) is 0 Å². The van der Waals surface area contributed by atoms with Gasteiger partial charge in [0, 0.05) is 19.6 Å². The molecule has 0 aromatic carbocycles. The molecule has 0 saturated carbocycles. The summed E-state index contributed by atoms with van der Waals surface area (Å²) in [7, 11) is 0. The summed E-state index contributed by atoms with van der Waals surface area (Å²) >= 11 is 1.89. The van der Waals surface area contributed by atoms with E-state index in [-0.39, 0.29) is 6.10 Å². The number of nitrogens with one attached hydrogen (secondary N) is 1. The maximum Gasteiger partial charge on any atom is 0.111 e. The lowest BCUT2D eigenvalue weighted by Crippen LogP contribution is -2.34. The van der Waals surface area contributed by atoms with Crippen LogP contribution < -0.4 is 5.32 Å². The van der Waals surface area contributed by atoms with Gasteiger partial charge in [-0.25, -0.2) is 4.98 Å². The van der Waals surface area contributed by atoms with Crippen LogP contribution in [0.3, 0.4) is 0 Å². The monoisotopic (exact) mass is 241 g/mol. The van der Waals surface area contributed by atoms with Gasteiger partial charge in [-0.3, -0.25) is 0 Å². The molecule has 1 aliphatic rings. The van der Waals surface area contributed by atoms with Crippen molar-refractivity contribution in [3.05, 3.63) is 18.2 Å². The molecular weight excluding hydrogens is 222 g/mol. The zero-order valence-electron chi connectivity index (χ0n) is 9.69. The summed E-state index contributed by atoms with van der Waals surface area (Å²) in [5.74, 6) is 1.20. The summed E-state index contributed by atoms with van der Waals surface area (Å²) in [5, 5.41) is 3.35. The van der Waals surface area contributed by atoms with E-state index in [0.717, 1.165) is 26.2 Å². The van der Waals surface area contributed by atoms with Gasteiger partial charge >= 0.3 is 0 Å². The van der Waals surface area contributed by atoms with E-state index >= 15 is 0 Å². The number of rotatable bonds is 5. The molecule has 1 aliphatic heterocycles. The molecule has 1 aromatic rings. The van der Waals surface area contributed by atoms with Gasteiger partial charge in [-0.2, -0.15) is 11.8 Å².